The van der Waals surface area contributed by atoms with Gasteiger partial charge in [0.15, 0.2) is 0 Å². The number of pyridine rings is 1. The lowest BCUT2D eigenvalue weighted by atomic mass is 10.2. The summed E-state index contributed by atoms with van der Waals surface area (Å²) in [6.45, 7) is 1.89. The Hall–Kier alpha value is -1.53. The molecule has 0 aliphatic heterocycles. The van der Waals surface area contributed by atoms with Gasteiger partial charge in [-0.25, -0.2) is 4.39 Å². The Kier molecular flexibility index (Phi) is 4.11. The summed E-state index contributed by atoms with van der Waals surface area (Å²) in [4.78, 5) is 4.27. The minimum atomic E-state index is -0.322. The molecule has 1 aromatic heterocycles. The average molecular weight is 340 g/mol. The Labute approximate surface area is 124 Å². The van der Waals surface area contributed by atoms with Crippen LogP contribution in [0.3, 0.4) is 0 Å². The van der Waals surface area contributed by atoms with Crippen molar-refractivity contribution in [3.8, 4) is 0 Å². The van der Waals surface area contributed by atoms with E-state index in [1.807, 2.05) is 6.92 Å². The highest BCUT2D eigenvalue weighted by atomic mass is 79.9. The second kappa shape index (κ2) is 5.63. The van der Waals surface area contributed by atoms with Gasteiger partial charge in [0.1, 0.15) is 10.8 Å². The normalized spacial score (nSPS) is 10.3. The molecule has 0 atom stereocenters. The van der Waals surface area contributed by atoms with Crippen LogP contribution in [0.25, 0.3) is 0 Å². The maximum Gasteiger partial charge on any atom is 0.139 e. The molecule has 3 N–H and O–H groups in total. The molecule has 0 spiro atoms. The van der Waals surface area contributed by atoms with E-state index in [0.717, 1.165) is 11.3 Å². The second-order valence-electron chi connectivity index (χ2n) is 4.00. The quantitative estimate of drug-likeness (QED) is 0.837. The van der Waals surface area contributed by atoms with Crippen molar-refractivity contribution in [1.82, 2.24) is 4.98 Å². The second-order valence-corrected chi connectivity index (χ2v) is 5.29. The summed E-state index contributed by atoms with van der Waals surface area (Å²) in [5.74, 6) is -0.322. The Morgan fingerprint density at radius 1 is 1.42 bits per heavy atom. The topological polar surface area (TPSA) is 50.9 Å². The Bertz CT molecular complexity index is 646. The first kappa shape index (κ1) is 13.9. The average Bonchev–Trinajstić information content (AvgIpc) is 2.36. The molecule has 98 valence electrons. The van der Waals surface area contributed by atoms with Crippen LogP contribution in [0.5, 0.6) is 0 Å². The van der Waals surface area contributed by atoms with E-state index < -0.39 is 0 Å². The number of nitrogens with two attached hydrogens (primary N) is 1. The van der Waals surface area contributed by atoms with Crippen molar-refractivity contribution in [3.63, 3.8) is 0 Å². The van der Waals surface area contributed by atoms with Crippen LogP contribution >= 0.6 is 28.1 Å². The van der Waals surface area contributed by atoms with Crippen LogP contribution in [0.4, 0.5) is 15.8 Å². The molecule has 0 saturated carbocycles. The van der Waals surface area contributed by atoms with E-state index in [1.165, 1.54) is 6.07 Å². The van der Waals surface area contributed by atoms with Gasteiger partial charge in [-0.05, 0) is 52.7 Å². The van der Waals surface area contributed by atoms with E-state index in [4.69, 9.17) is 18.0 Å². The molecule has 0 radical (unpaired) electrons. The van der Waals surface area contributed by atoms with Crippen molar-refractivity contribution in [2.45, 2.75) is 6.92 Å². The number of nitrogens with one attached hydrogen (secondary N) is 1. The SMILES string of the molecule is Cc1cc(Br)c(F)cc1Nc1ccnc(C(N)=S)c1. The maximum absolute atomic E-state index is 13.5. The minimum Gasteiger partial charge on any atom is -0.388 e. The molecule has 1 aromatic carbocycles. The number of aromatic nitrogens is 1. The van der Waals surface area contributed by atoms with Gasteiger partial charge in [0, 0.05) is 17.6 Å². The number of halogens is 2. The van der Waals surface area contributed by atoms with Crippen LogP contribution in [0, 0.1) is 12.7 Å². The number of thiocarbonyl (C=S) groups is 1. The Morgan fingerprint density at radius 2 is 2.16 bits per heavy atom. The van der Waals surface area contributed by atoms with E-state index in [9.17, 15) is 4.39 Å². The summed E-state index contributed by atoms with van der Waals surface area (Å²) < 4.78 is 14.0. The first-order chi connectivity index (χ1) is 8.97. The first-order valence-corrected chi connectivity index (χ1v) is 6.66. The summed E-state index contributed by atoms with van der Waals surface area (Å²) in [5.41, 5.74) is 8.40. The highest BCUT2D eigenvalue weighted by Gasteiger charge is 2.06. The molecule has 0 unspecified atom stereocenters. The van der Waals surface area contributed by atoms with Gasteiger partial charge in [0.2, 0.25) is 0 Å². The van der Waals surface area contributed by atoms with Gasteiger partial charge >= 0.3 is 0 Å². The molecule has 6 heteroatoms. The number of hydrogen-bond donors (Lipinski definition) is 2. The van der Waals surface area contributed by atoms with E-state index in [1.54, 1.807) is 24.4 Å². The van der Waals surface area contributed by atoms with Crippen molar-refractivity contribution >= 4 is 44.5 Å². The Balaban J connectivity index is 2.33. The predicted molar refractivity (Wildman–Crippen MR) is 82.2 cm³/mol. The highest BCUT2D eigenvalue weighted by Crippen LogP contribution is 2.26. The summed E-state index contributed by atoms with van der Waals surface area (Å²) in [7, 11) is 0. The smallest absolute Gasteiger partial charge is 0.139 e. The predicted octanol–water partition coefficient (Wildman–Crippen LogP) is 3.67. The zero-order valence-corrected chi connectivity index (χ0v) is 12.5. The van der Waals surface area contributed by atoms with Crippen molar-refractivity contribution in [3.05, 3.63) is 52.0 Å². The number of anilines is 2. The van der Waals surface area contributed by atoms with Crippen LogP contribution < -0.4 is 11.1 Å². The van der Waals surface area contributed by atoms with Gasteiger partial charge in [-0.1, -0.05) is 12.2 Å². The van der Waals surface area contributed by atoms with Crippen molar-refractivity contribution < 1.29 is 4.39 Å². The van der Waals surface area contributed by atoms with Gasteiger partial charge < -0.3 is 11.1 Å². The van der Waals surface area contributed by atoms with Gasteiger partial charge in [-0.2, -0.15) is 0 Å². The lowest BCUT2D eigenvalue weighted by molar-refractivity contribution is 0.621. The van der Waals surface area contributed by atoms with Crippen LogP contribution in [0.2, 0.25) is 0 Å². The Morgan fingerprint density at radius 3 is 2.84 bits per heavy atom. The minimum absolute atomic E-state index is 0.224. The van der Waals surface area contributed by atoms with E-state index in [2.05, 4.69) is 26.2 Å². The van der Waals surface area contributed by atoms with Gasteiger partial charge in [0.05, 0.1) is 10.2 Å². The molecule has 19 heavy (non-hydrogen) atoms. The molecule has 1 heterocycles. The van der Waals surface area contributed by atoms with Crippen LogP contribution in [0.1, 0.15) is 11.3 Å². The largest absolute Gasteiger partial charge is 0.388 e. The first-order valence-electron chi connectivity index (χ1n) is 5.46. The summed E-state index contributed by atoms with van der Waals surface area (Å²) in [6.07, 6.45) is 1.60. The lowest BCUT2D eigenvalue weighted by Gasteiger charge is -2.11. The molecular weight excluding hydrogens is 329 g/mol. The van der Waals surface area contributed by atoms with Crippen molar-refractivity contribution in [2.75, 3.05) is 5.32 Å². The lowest BCUT2D eigenvalue weighted by Crippen LogP contribution is -2.11. The van der Waals surface area contributed by atoms with Crippen molar-refractivity contribution in [2.24, 2.45) is 5.73 Å². The number of rotatable bonds is 3. The summed E-state index contributed by atoms with van der Waals surface area (Å²) in [5, 5.41) is 3.12. The molecule has 0 saturated heterocycles. The van der Waals surface area contributed by atoms with E-state index >= 15 is 0 Å². The number of hydrogen-bond acceptors (Lipinski definition) is 3. The third kappa shape index (κ3) is 3.27. The monoisotopic (exact) mass is 339 g/mol. The number of benzene rings is 1. The fourth-order valence-corrected chi connectivity index (χ4v) is 2.15. The molecule has 3 nitrogen and oxygen atoms in total. The highest BCUT2D eigenvalue weighted by molar-refractivity contribution is 9.10. The van der Waals surface area contributed by atoms with Crippen LogP contribution in [-0.2, 0) is 0 Å². The molecule has 0 aliphatic rings. The van der Waals surface area contributed by atoms with Gasteiger partial charge in [-0.3, -0.25) is 4.98 Å². The summed E-state index contributed by atoms with van der Waals surface area (Å²) in [6, 6.07) is 6.64. The van der Waals surface area contributed by atoms with Gasteiger partial charge in [-0.15, -0.1) is 0 Å². The third-order valence-corrected chi connectivity index (χ3v) is 3.38. The zero-order valence-electron chi connectivity index (χ0n) is 10.1. The maximum atomic E-state index is 13.5. The molecule has 0 aliphatic carbocycles. The van der Waals surface area contributed by atoms with Crippen LogP contribution in [-0.4, -0.2) is 9.97 Å². The van der Waals surface area contributed by atoms with Crippen LogP contribution in [0.15, 0.2) is 34.9 Å². The third-order valence-electron chi connectivity index (χ3n) is 2.56. The fourth-order valence-electron chi connectivity index (χ4n) is 1.58. The van der Waals surface area contributed by atoms with Crippen molar-refractivity contribution in [1.29, 1.82) is 0 Å². The molecule has 2 aromatic rings. The number of aryl methyl sites for hydroxylation is 1. The molecular formula is C13H11BrFN3S. The molecule has 2 rings (SSSR count). The molecule has 0 amide bonds. The standard InChI is InChI=1S/C13H11BrFN3S/c1-7-4-9(14)10(15)6-11(7)18-8-2-3-17-12(5-8)13(16)19/h2-6H,1H3,(H2,16,19)(H,17,18). The fraction of sp³-hybridized carbons (Fsp3) is 0.0769. The van der Waals surface area contributed by atoms with E-state index in [-0.39, 0.29) is 10.8 Å². The van der Waals surface area contributed by atoms with Gasteiger partial charge in [0.25, 0.3) is 0 Å². The summed E-state index contributed by atoms with van der Waals surface area (Å²) >= 11 is 8.02. The zero-order chi connectivity index (χ0) is 14.0. The van der Waals surface area contributed by atoms with E-state index in [0.29, 0.717) is 15.9 Å². The number of nitrogens with zero attached hydrogens (tertiary/aromatic N) is 1. The molecule has 0 bridgehead atoms. The molecule has 0 fully saturated rings.